The molecule has 0 N–H and O–H groups in total. The van der Waals surface area contributed by atoms with Crippen molar-refractivity contribution < 1.29 is 17.9 Å². The van der Waals surface area contributed by atoms with Crippen LogP contribution in [0.2, 0.25) is 0 Å². The Morgan fingerprint density at radius 1 is 1.07 bits per heavy atom. The number of hydrogen-bond acceptors (Lipinski definition) is 5. The van der Waals surface area contributed by atoms with E-state index in [2.05, 4.69) is 21.4 Å². The minimum Gasteiger partial charge on any atom is -0.497 e. The molecule has 1 aliphatic rings. The number of nitrogens with zero attached hydrogens (tertiary/aromatic N) is 5. The van der Waals surface area contributed by atoms with Crippen molar-refractivity contribution in [1.29, 1.82) is 0 Å². The van der Waals surface area contributed by atoms with Gasteiger partial charge in [-0.15, -0.1) is 15.3 Å². The molecule has 0 radical (unpaired) electrons. The molecule has 3 aromatic rings. The number of alkyl halides is 3. The first-order valence-electron chi connectivity index (χ1n) is 8.64. The smallest absolute Gasteiger partial charge is 0.453 e. The second-order valence-electron chi connectivity index (χ2n) is 6.52. The fraction of sp³-hybridized carbons (Fsp3) is 0.389. The highest BCUT2D eigenvalue weighted by molar-refractivity contribution is 5.46. The number of piperidine rings is 1. The lowest BCUT2D eigenvalue weighted by molar-refractivity contribution is -0.146. The van der Waals surface area contributed by atoms with Crippen molar-refractivity contribution in [3.63, 3.8) is 0 Å². The molecule has 0 bridgehead atoms. The lowest BCUT2D eigenvalue weighted by Crippen LogP contribution is -2.34. The lowest BCUT2D eigenvalue weighted by Gasteiger charge is -2.33. The molecular formula is C18H18F3N5O. The summed E-state index contributed by atoms with van der Waals surface area (Å²) in [5.74, 6) is 0.609. The third-order valence-electron chi connectivity index (χ3n) is 4.89. The summed E-state index contributed by atoms with van der Waals surface area (Å²) in [4.78, 5) is 2.00. The van der Waals surface area contributed by atoms with E-state index in [-0.39, 0.29) is 5.65 Å². The van der Waals surface area contributed by atoms with Gasteiger partial charge >= 0.3 is 6.18 Å². The molecule has 1 saturated heterocycles. The quantitative estimate of drug-likeness (QED) is 0.699. The Morgan fingerprint density at radius 3 is 2.56 bits per heavy atom. The van der Waals surface area contributed by atoms with Crippen LogP contribution in [0.4, 0.5) is 19.0 Å². The zero-order valence-corrected chi connectivity index (χ0v) is 14.6. The van der Waals surface area contributed by atoms with E-state index in [1.807, 2.05) is 23.1 Å². The number of anilines is 1. The van der Waals surface area contributed by atoms with Crippen molar-refractivity contribution in [2.75, 3.05) is 25.1 Å². The summed E-state index contributed by atoms with van der Waals surface area (Å²) in [5.41, 5.74) is 1.30. The van der Waals surface area contributed by atoms with Crippen molar-refractivity contribution in [1.82, 2.24) is 19.8 Å². The van der Waals surface area contributed by atoms with Gasteiger partial charge in [0.25, 0.3) is 5.82 Å². The van der Waals surface area contributed by atoms with Crippen LogP contribution in [0.25, 0.3) is 5.65 Å². The van der Waals surface area contributed by atoms with Gasteiger partial charge in [-0.25, -0.2) is 0 Å². The molecule has 142 valence electrons. The average Bonchev–Trinajstić information content (AvgIpc) is 3.12. The number of ether oxygens (including phenoxy) is 1. The Bertz CT molecular complexity index is 948. The number of methoxy groups -OCH3 is 1. The van der Waals surface area contributed by atoms with Gasteiger partial charge in [0, 0.05) is 13.1 Å². The van der Waals surface area contributed by atoms with E-state index in [1.165, 1.54) is 11.6 Å². The van der Waals surface area contributed by atoms with Crippen molar-refractivity contribution in [2.24, 2.45) is 0 Å². The number of aromatic nitrogens is 4. The first-order chi connectivity index (χ1) is 13.0. The van der Waals surface area contributed by atoms with Crippen molar-refractivity contribution >= 4 is 11.5 Å². The van der Waals surface area contributed by atoms with Crippen LogP contribution in [-0.2, 0) is 6.18 Å². The topological polar surface area (TPSA) is 55.5 Å². The van der Waals surface area contributed by atoms with E-state index in [4.69, 9.17) is 4.74 Å². The summed E-state index contributed by atoms with van der Waals surface area (Å²) in [6.45, 7) is 1.42. The van der Waals surface area contributed by atoms with Crippen LogP contribution < -0.4 is 9.64 Å². The molecule has 4 rings (SSSR count). The third-order valence-corrected chi connectivity index (χ3v) is 4.89. The predicted octanol–water partition coefficient (Wildman–Crippen LogP) is 3.54. The zero-order valence-electron chi connectivity index (χ0n) is 14.6. The van der Waals surface area contributed by atoms with E-state index >= 15 is 0 Å². The second kappa shape index (κ2) is 6.71. The molecule has 9 heteroatoms. The summed E-state index contributed by atoms with van der Waals surface area (Å²) < 4.78 is 45.2. The summed E-state index contributed by atoms with van der Waals surface area (Å²) in [5, 5.41) is 10.9. The molecule has 6 nitrogen and oxygen atoms in total. The monoisotopic (exact) mass is 377 g/mol. The molecule has 2 aromatic heterocycles. The van der Waals surface area contributed by atoms with E-state index in [1.54, 1.807) is 13.2 Å². The molecular weight excluding hydrogens is 359 g/mol. The maximum absolute atomic E-state index is 13.0. The van der Waals surface area contributed by atoms with E-state index in [0.29, 0.717) is 24.8 Å². The molecule has 3 heterocycles. The Kier molecular flexibility index (Phi) is 4.37. The first kappa shape index (κ1) is 17.6. The van der Waals surface area contributed by atoms with Gasteiger partial charge in [-0.2, -0.15) is 17.7 Å². The summed E-state index contributed by atoms with van der Waals surface area (Å²) in [6.07, 6.45) is -2.81. The standard InChI is InChI=1S/C18H18F3N5O/c1-27-14-4-2-3-13(11-14)12-7-9-25(10-8-12)16-6-5-15-22-23-17(18(19,20)21)26(15)24-16/h2-6,11-12H,7-10H2,1H3. The fourth-order valence-corrected chi connectivity index (χ4v) is 3.46. The lowest BCUT2D eigenvalue weighted by atomic mass is 9.89. The molecule has 1 aliphatic heterocycles. The SMILES string of the molecule is COc1cccc(C2CCN(c3ccc4nnc(C(F)(F)F)n4n3)CC2)c1. The summed E-state index contributed by atoms with van der Waals surface area (Å²) >= 11 is 0. The van der Waals surface area contributed by atoms with E-state index in [9.17, 15) is 13.2 Å². The number of hydrogen-bond donors (Lipinski definition) is 0. The van der Waals surface area contributed by atoms with Crippen molar-refractivity contribution in [3.05, 3.63) is 47.8 Å². The van der Waals surface area contributed by atoms with Crippen LogP contribution in [-0.4, -0.2) is 40.0 Å². The zero-order chi connectivity index (χ0) is 19.0. The van der Waals surface area contributed by atoms with Crippen LogP contribution in [0.15, 0.2) is 36.4 Å². The Balaban J connectivity index is 1.52. The van der Waals surface area contributed by atoms with Crippen LogP contribution in [0.5, 0.6) is 5.75 Å². The van der Waals surface area contributed by atoms with Crippen molar-refractivity contribution in [3.8, 4) is 5.75 Å². The molecule has 27 heavy (non-hydrogen) atoms. The number of fused-ring (bicyclic) bond motifs is 1. The molecule has 0 atom stereocenters. The van der Waals surface area contributed by atoms with Gasteiger partial charge in [0.1, 0.15) is 11.6 Å². The largest absolute Gasteiger partial charge is 0.497 e. The van der Waals surface area contributed by atoms with Crippen LogP contribution in [0.3, 0.4) is 0 Å². The minimum absolute atomic E-state index is 0.0809. The highest BCUT2D eigenvalue weighted by atomic mass is 19.4. The van der Waals surface area contributed by atoms with Crippen LogP contribution in [0, 0.1) is 0 Å². The van der Waals surface area contributed by atoms with Crippen LogP contribution in [0.1, 0.15) is 30.1 Å². The Hall–Kier alpha value is -2.84. The highest BCUT2D eigenvalue weighted by Gasteiger charge is 2.38. The van der Waals surface area contributed by atoms with Gasteiger partial charge < -0.3 is 9.64 Å². The van der Waals surface area contributed by atoms with Gasteiger partial charge in [0.15, 0.2) is 5.65 Å². The summed E-state index contributed by atoms with van der Waals surface area (Å²) in [6, 6.07) is 11.2. The molecule has 1 fully saturated rings. The third kappa shape index (κ3) is 3.41. The molecule has 0 saturated carbocycles. The first-order valence-corrected chi connectivity index (χ1v) is 8.64. The molecule has 0 spiro atoms. The van der Waals surface area contributed by atoms with Crippen molar-refractivity contribution in [2.45, 2.75) is 24.9 Å². The maximum atomic E-state index is 13.0. The number of benzene rings is 1. The van der Waals surface area contributed by atoms with Gasteiger partial charge in [0.05, 0.1) is 7.11 Å². The molecule has 1 aromatic carbocycles. The number of rotatable bonds is 3. The van der Waals surface area contributed by atoms with Crippen LogP contribution >= 0.6 is 0 Å². The Labute approximate surface area is 153 Å². The molecule has 0 unspecified atom stereocenters. The Morgan fingerprint density at radius 2 is 1.85 bits per heavy atom. The van der Waals surface area contributed by atoms with Gasteiger partial charge in [-0.1, -0.05) is 12.1 Å². The van der Waals surface area contributed by atoms with E-state index < -0.39 is 12.0 Å². The maximum Gasteiger partial charge on any atom is 0.453 e. The molecule has 0 amide bonds. The van der Waals surface area contributed by atoms with Gasteiger partial charge in [-0.3, -0.25) is 0 Å². The average molecular weight is 377 g/mol. The molecule has 0 aliphatic carbocycles. The van der Waals surface area contributed by atoms with Gasteiger partial charge in [0.2, 0.25) is 0 Å². The highest BCUT2D eigenvalue weighted by Crippen LogP contribution is 2.32. The number of halogens is 3. The predicted molar refractivity (Wildman–Crippen MR) is 93.0 cm³/mol. The summed E-state index contributed by atoms with van der Waals surface area (Å²) in [7, 11) is 1.64. The fourth-order valence-electron chi connectivity index (χ4n) is 3.46. The van der Waals surface area contributed by atoms with Gasteiger partial charge in [-0.05, 0) is 48.6 Å². The minimum atomic E-state index is -4.59. The normalized spacial score (nSPS) is 16.1. The second-order valence-corrected chi connectivity index (χ2v) is 6.52. The van der Waals surface area contributed by atoms with E-state index in [0.717, 1.165) is 23.1 Å².